The molecule has 45 heavy (non-hydrogen) atoms. The molecule has 3 N–H and O–H groups in total. The van der Waals surface area contributed by atoms with Crippen LogP contribution in [0.25, 0.3) is 11.1 Å². The summed E-state index contributed by atoms with van der Waals surface area (Å²) in [5.74, 6) is -0.396. The summed E-state index contributed by atoms with van der Waals surface area (Å²) in [7, 11) is 1.37. The van der Waals surface area contributed by atoms with Crippen LogP contribution >= 0.6 is 0 Å². The van der Waals surface area contributed by atoms with Crippen molar-refractivity contribution in [1.29, 1.82) is 0 Å². The second-order valence-electron chi connectivity index (χ2n) is 11.4. The van der Waals surface area contributed by atoms with Crippen LogP contribution < -0.4 is 11.1 Å². The van der Waals surface area contributed by atoms with Crippen LogP contribution in [-0.2, 0) is 38.5 Å². The van der Waals surface area contributed by atoms with Gasteiger partial charge in [-0.25, -0.2) is 9.59 Å². The highest BCUT2D eigenvalue weighted by Gasteiger charge is 2.35. The lowest BCUT2D eigenvalue weighted by atomic mass is 9.99. The van der Waals surface area contributed by atoms with E-state index in [0.717, 1.165) is 61.0 Å². The number of nitrogens with one attached hydrogen (secondary N) is 1. The fourth-order valence-electron chi connectivity index (χ4n) is 5.54. The Morgan fingerprint density at radius 2 is 1.49 bits per heavy atom. The normalized spacial score (nSPS) is 15.0. The van der Waals surface area contributed by atoms with Gasteiger partial charge in [-0.2, -0.15) is 0 Å². The zero-order valence-corrected chi connectivity index (χ0v) is 26.3. The number of esters is 1. The van der Waals surface area contributed by atoms with Crippen molar-refractivity contribution >= 4 is 18.0 Å². The van der Waals surface area contributed by atoms with E-state index < -0.39 is 6.04 Å². The number of aryl methyl sites for hydroxylation is 2. The lowest BCUT2D eigenvalue weighted by Gasteiger charge is -2.40. The van der Waals surface area contributed by atoms with Gasteiger partial charge in [0.05, 0.1) is 7.11 Å². The van der Waals surface area contributed by atoms with Crippen LogP contribution in [0, 0.1) is 0 Å². The number of benzene rings is 3. The van der Waals surface area contributed by atoms with Crippen LogP contribution in [0.4, 0.5) is 4.79 Å². The van der Waals surface area contributed by atoms with Crippen molar-refractivity contribution in [2.75, 3.05) is 46.4 Å². The summed E-state index contributed by atoms with van der Waals surface area (Å²) >= 11 is 0. The van der Waals surface area contributed by atoms with E-state index in [1.807, 2.05) is 30.3 Å². The van der Waals surface area contributed by atoms with Gasteiger partial charge in [0.15, 0.2) is 0 Å². The van der Waals surface area contributed by atoms with Crippen molar-refractivity contribution in [3.8, 4) is 11.1 Å². The summed E-state index contributed by atoms with van der Waals surface area (Å²) in [6, 6.07) is 25.9. The number of alkyl carbamates (subject to hydrolysis) is 1. The van der Waals surface area contributed by atoms with Crippen LogP contribution in [-0.4, -0.2) is 80.2 Å². The van der Waals surface area contributed by atoms with E-state index in [-0.39, 0.29) is 24.6 Å². The fraction of sp³-hybridized carbons (Fsp3) is 0.417. The highest BCUT2D eigenvalue weighted by Crippen LogP contribution is 2.22. The first kappa shape index (κ1) is 33.7. The number of hydrogen-bond acceptors (Lipinski definition) is 7. The molecule has 1 fully saturated rings. The smallest absolute Gasteiger partial charge is 0.407 e. The van der Waals surface area contributed by atoms with Crippen molar-refractivity contribution in [1.82, 2.24) is 15.1 Å². The quantitative estimate of drug-likeness (QED) is 0.190. The summed E-state index contributed by atoms with van der Waals surface area (Å²) in [6.07, 6.45) is 4.20. The number of hydrogen-bond donors (Lipinski definition) is 2. The van der Waals surface area contributed by atoms with Crippen LogP contribution in [0.2, 0.25) is 0 Å². The molecule has 0 saturated carbocycles. The number of unbranched alkanes of at least 4 members (excludes halogenated alkanes) is 1. The standard InChI is InChI=1S/C36H46N4O5/c1-44-35(42)33-26-39(23-7-21-37)24-25-40(33)34(41)20-15-29-13-18-32(19-14-29)31-16-11-28(12-17-31)8-5-6-22-38-36(43)45-27-30-9-3-2-4-10-30/h2-4,9-14,16-19,33H,5-8,15,20-27,37H2,1H3,(H,38,43)/t33-/m1/s1. The summed E-state index contributed by atoms with van der Waals surface area (Å²) in [4.78, 5) is 41.3. The third-order valence-electron chi connectivity index (χ3n) is 8.18. The van der Waals surface area contributed by atoms with Crippen molar-refractivity contribution in [2.24, 2.45) is 5.73 Å². The maximum absolute atomic E-state index is 13.1. The van der Waals surface area contributed by atoms with Gasteiger partial charge in [0.1, 0.15) is 12.6 Å². The van der Waals surface area contributed by atoms with E-state index in [1.54, 1.807) is 4.90 Å². The summed E-state index contributed by atoms with van der Waals surface area (Å²) in [5, 5.41) is 2.82. The van der Waals surface area contributed by atoms with Gasteiger partial charge in [-0.3, -0.25) is 9.69 Å². The lowest BCUT2D eigenvalue weighted by Crippen LogP contribution is -2.58. The first-order valence-corrected chi connectivity index (χ1v) is 15.9. The molecule has 3 aromatic carbocycles. The molecule has 0 bridgehead atoms. The Hall–Kier alpha value is -4.21. The van der Waals surface area contributed by atoms with Crippen molar-refractivity contribution < 1.29 is 23.9 Å². The maximum Gasteiger partial charge on any atom is 0.407 e. The number of amides is 2. The van der Waals surface area contributed by atoms with E-state index in [4.69, 9.17) is 15.2 Å². The minimum atomic E-state index is -0.579. The molecule has 3 aromatic rings. The van der Waals surface area contributed by atoms with Crippen molar-refractivity contribution in [3.63, 3.8) is 0 Å². The Bertz CT molecular complexity index is 1350. The summed E-state index contributed by atoms with van der Waals surface area (Å²) in [6.45, 7) is 4.00. The van der Waals surface area contributed by atoms with E-state index in [9.17, 15) is 14.4 Å². The topological polar surface area (TPSA) is 114 Å². The highest BCUT2D eigenvalue weighted by molar-refractivity contribution is 5.85. The third-order valence-corrected chi connectivity index (χ3v) is 8.18. The molecular formula is C36H46N4O5. The average Bonchev–Trinajstić information content (AvgIpc) is 3.09. The van der Waals surface area contributed by atoms with Gasteiger partial charge in [-0.15, -0.1) is 0 Å². The van der Waals surface area contributed by atoms with Crippen LogP contribution in [0.3, 0.4) is 0 Å². The van der Waals surface area contributed by atoms with Gasteiger partial charge >= 0.3 is 12.1 Å². The molecule has 9 nitrogen and oxygen atoms in total. The largest absolute Gasteiger partial charge is 0.467 e. The maximum atomic E-state index is 13.1. The van der Waals surface area contributed by atoms with Crippen molar-refractivity contribution in [3.05, 3.63) is 95.6 Å². The Balaban J connectivity index is 1.17. The predicted molar refractivity (Wildman–Crippen MR) is 175 cm³/mol. The van der Waals surface area contributed by atoms with E-state index in [1.165, 1.54) is 12.7 Å². The van der Waals surface area contributed by atoms with E-state index in [2.05, 4.69) is 58.7 Å². The second kappa shape index (κ2) is 17.9. The number of ether oxygens (including phenoxy) is 2. The van der Waals surface area contributed by atoms with Gasteiger partial charge in [-0.1, -0.05) is 78.9 Å². The predicted octanol–water partition coefficient (Wildman–Crippen LogP) is 4.57. The molecule has 4 rings (SSSR count). The Morgan fingerprint density at radius 3 is 2.13 bits per heavy atom. The SMILES string of the molecule is COC(=O)[C@H]1CN(CCCN)CCN1C(=O)CCc1ccc(-c2ccc(CCCCNC(=O)OCc3ccccc3)cc2)cc1. The molecule has 1 heterocycles. The molecule has 1 atom stereocenters. The van der Waals surface area contributed by atoms with Gasteiger partial charge in [0.2, 0.25) is 5.91 Å². The van der Waals surface area contributed by atoms with Crippen LogP contribution in [0.5, 0.6) is 0 Å². The monoisotopic (exact) mass is 614 g/mol. The van der Waals surface area contributed by atoms with Gasteiger partial charge < -0.3 is 25.4 Å². The molecule has 9 heteroatoms. The fourth-order valence-corrected chi connectivity index (χ4v) is 5.54. The van der Waals surface area contributed by atoms with Gasteiger partial charge in [0.25, 0.3) is 0 Å². The summed E-state index contributed by atoms with van der Waals surface area (Å²) in [5.41, 5.74) is 11.2. The molecule has 0 radical (unpaired) electrons. The molecule has 0 unspecified atom stereocenters. The molecule has 0 aromatic heterocycles. The van der Waals surface area contributed by atoms with E-state index >= 15 is 0 Å². The highest BCUT2D eigenvalue weighted by atomic mass is 16.5. The summed E-state index contributed by atoms with van der Waals surface area (Å²) < 4.78 is 10.2. The second-order valence-corrected chi connectivity index (χ2v) is 11.4. The van der Waals surface area contributed by atoms with Gasteiger partial charge in [0, 0.05) is 32.6 Å². The first-order chi connectivity index (χ1) is 22.0. The lowest BCUT2D eigenvalue weighted by molar-refractivity contribution is -0.156. The Labute approximate surface area is 266 Å². The van der Waals surface area contributed by atoms with Gasteiger partial charge in [-0.05, 0) is 73.0 Å². The zero-order valence-electron chi connectivity index (χ0n) is 26.3. The molecular weight excluding hydrogens is 568 g/mol. The Kier molecular flexibility index (Phi) is 13.4. The number of carbonyl (C=O) groups is 3. The Morgan fingerprint density at radius 1 is 0.822 bits per heavy atom. The number of carbonyl (C=O) groups excluding carboxylic acids is 3. The minimum Gasteiger partial charge on any atom is -0.467 e. The molecule has 1 saturated heterocycles. The third kappa shape index (κ3) is 10.7. The number of nitrogens with zero attached hydrogens (tertiary/aromatic N) is 2. The van der Waals surface area contributed by atoms with E-state index in [0.29, 0.717) is 39.0 Å². The number of rotatable bonds is 15. The van der Waals surface area contributed by atoms with Crippen molar-refractivity contribution in [2.45, 2.75) is 51.2 Å². The number of nitrogens with two attached hydrogens (primary N) is 1. The number of methoxy groups -OCH3 is 1. The molecule has 240 valence electrons. The molecule has 0 aliphatic carbocycles. The van der Waals surface area contributed by atoms with Crippen LogP contribution in [0.15, 0.2) is 78.9 Å². The molecule has 1 aliphatic heterocycles. The average molecular weight is 615 g/mol. The minimum absolute atomic E-state index is 0.0256. The number of piperazine rings is 1. The molecule has 0 spiro atoms. The molecule has 1 aliphatic rings. The zero-order chi connectivity index (χ0) is 31.9. The first-order valence-electron chi connectivity index (χ1n) is 15.9. The van der Waals surface area contributed by atoms with Crippen LogP contribution in [0.1, 0.15) is 42.4 Å². The molecule has 2 amide bonds.